The van der Waals surface area contributed by atoms with Crippen LogP contribution in [0.2, 0.25) is 0 Å². The summed E-state index contributed by atoms with van der Waals surface area (Å²) in [5.74, 6) is -0.0112. The van der Waals surface area contributed by atoms with Crippen molar-refractivity contribution in [2.24, 2.45) is 0 Å². The summed E-state index contributed by atoms with van der Waals surface area (Å²) in [4.78, 5) is 15.3. The van der Waals surface area contributed by atoms with Crippen LogP contribution in [-0.2, 0) is 9.53 Å². The molecular formula is C16H21N3O2S. The molecule has 0 radical (unpaired) electrons. The SMILES string of the molecule is C[C@@H](CC#N)Sc1ccccc1NC(=O)CN1CCOCC1. The Balaban J connectivity index is 1.93. The molecule has 22 heavy (non-hydrogen) atoms. The number of morpholine rings is 1. The third-order valence-electron chi connectivity index (χ3n) is 3.34. The van der Waals surface area contributed by atoms with E-state index in [4.69, 9.17) is 10.00 Å². The summed E-state index contributed by atoms with van der Waals surface area (Å²) in [5.41, 5.74) is 0.815. The van der Waals surface area contributed by atoms with Gasteiger partial charge in [0.05, 0.1) is 31.5 Å². The van der Waals surface area contributed by atoms with Crippen LogP contribution in [0.15, 0.2) is 29.2 Å². The Kier molecular flexibility index (Phi) is 6.72. The average Bonchev–Trinajstić information content (AvgIpc) is 2.50. The van der Waals surface area contributed by atoms with Gasteiger partial charge in [-0.15, -0.1) is 11.8 Å². The lowest BCUT2D eigenvalue weighted by atomic mass is 10.3. The summed E-state index contributed by atoms with van der Waals surface area (Å²) in [6, 6.07) is 9.90. The lowest BCUT2D eigenvalue weighted by Crippen LogP contribution is -2.41. The molecule has 5 nitrogen and oxygen atoms in total. The summed E-state index contributed by atoms with van der Waals surface area (Å²) >= 11 is 1.61. The number of para-hydroxylation sites is 1. The number of anilines is 1. The van der Waals surface area contributed by atoms with Gasteiger partial charge in [-0.2, -0.15) is 5.26 Å². The standard InChI is InChI=1S/C16H21N3O2S/c1-13(6-7-17)22-15-5-3-2-4-14(15)18-16(20)12-19-8-10-21-11-9-19/h2-5,13H,6,8-12H2,1H3,(H,18,20)/t13-/m0/s1. The Morgan fingerprint density at radius 1 is 1.45 bits per heavy atom. The Hall–Kier alpha value is -1.55. The van der Waals surface area contributed by atoms with Crippen molar-refractivity contribution in [2.45, 2.75) is 23.5 Å². The van der Waals surface area contributed by atoms with Crippen molar-refractivity contribution in [2.75, 3.05) is 38.2 Å². The first-order valence-corrected chi connectivity index (χ1v) is 8.29. The molecule has 0 aromatic heterocycles. The molecule has 0 aliphatic carbocycles. The maximum atomic E-state index is 12.2. The van der Waals surface area contributed by atoms with Gasteiger partial charge in [0.1, 0.15) is 0 Å². The summed E-state index contributed by atoms with van der Waals surface area (Å²) in [6.07, 6.45) is 0.487. The topological polar surface area (TPSA) is 65.4 Å². The molecule has 1 aliphatic rings. The fourth-order valence-electron chi connectivity index (χ4n) is 2.21. The fourth-order valence-corrected chi connectivity index (χ4v) is 3.21. The number of nitrogens with one attached hydrogen (secondary N) is 1. The van der Waals surface area contributed by atoms with Crippen LogP contribution in [-0.4, -0.2) is 48.9 Å². The number of carbonyl (C=O) groups excluding carboxylic acids is 1. The molecule has 0 spiro atoms. The van der Waals surface area contributed by atoms with Crippen molar-refractivity contribution < 1.29 is 9.53 Å². The van der Waals surface area contributed by atoms with E-state index >= 15 is 0 Å². The molecule has 1 aromatic carbocycles. The van der Waals surface area contributed by atoms with Crippen LogP contribution in [0.3, 0.4) is 0 Å². The highest BCUT2D eigenvalue weighted by atomic mass is 32.2. The van der Waals surface area contributed by atoms with Crippen LogP contribution < -0.4 is 5.32 Å². The smallest absolute Gasteiger partial charge is 0.238 e. The van der Waals surface area contributed by atoms with Gasteiger partial charge in [-0.05, 0) is 12.1 Å². The van der Waals surface area contributed by atoms with Gasteiger partial charge < -0.3 is 10.1 Å². The van der Waals surface area contributed by atoms with Crippen LogP contribution in [0.25, 0.3) is 0 Å². The second-order valence-corrected chi connectivity index (χ2v) is 6.70. The highest BCUT2D eigenvalue weighted by Crippen LogP contribution is 2.31. The van der Waals surface area contributed by atoms with E-state index < -0.39 is 0 Å². The Labute approximate surface area is 135 Å². The molecule has 1 saturated heterocycles. The van der Waals surface area contributed by atoms with Crippen molar-refractivity contribution in [3.05, 3.63) is 24.3 Å². The maximum absolute atomic E-state index is 12.2. The van der Waals surface area contributed by atoms with E-state index in [1.807, 2.05) is 31.2 Å². The minimum atomic E-state index is -0.0112. The normalized spacial score (nSPS) is 16.7. The van der Waals surface area contributed by atoms with Crippen molar-refractivity contribution in [1.82, 2.24) is 4.90 Å². The molecule has 1 aromatic rings. The quantitative estimate of drug-likeness (QED) is 0.815. The summed E-state index contributed by atoms with van der Waals surface area (Å²) in [6.45, 7) is 5.36. The van der Waals surface area contributed by atoms with Gasteiger partial charge in [-0.25, -0.2) is 0 Å². The number of carbonyl (C=O) groups is 1. The number of amides is 1. The highest BCUT2D eigenvalue weighted by molar-refractivity contribution is 8.00. The van der Waals surface area contributed by atoms with E-state index in [1.165, 1.54) is 0 Å². The van der Waals surface area contributed by atoms with E-state index in [2.05, 4.69) is 16.3 Å². The van der Waals surface area contributed by atoms with Crippen LogP contribution in [0.1, 0.15) is 13.3 Å². The monoisotopic (exact) mass is 319 g/mol. The Bertz CT molecular complexity index is 538. The number of nitrogens with zero attached hydrogens (tertiary/aromatic N) is 2. The van der Waals surface area contributed by atoms with Gasteiger partial charge in [-0.3, -0.25) is 9.69 Å². The molecule has 0 bridgehead atoms. The van der Waals surface area contributed by atoms with Gasteiger partial charge in [0.25, 0.3) is 0 Å². The first kappa shape index (κ1) is 16.8. The van der Waals surface area contributed by atoms with Gasteiger partial charge >= 0.3 is 0 Å². The second kappa shape index (κ2) is 8.79. The third kappa shape index (κ3) is 5.34. The Morgan fingerprint density at radius 2 is 2.18 bits per heavy atom. The predicted molar refractivity (Wildman–Crippen MR) is 87.9 cm³/mol. The first-order valence-electron chi connectivity index (χ1n) is 7.41. The van der Waals surface area contributed by atoms with Gasteiger partial charge in [-0.1, -0.05) is 19.1 Å². The van der Waals surface area contributed by atoms with Crippen LogP contribution in [0, 0.1) is 11.3 Å². The van der Waals surface area contributed by atoms with Crippen molar-refractivity contribution in [3.63, 3.8) is 0 Å². The van der Waals surface area contributed by atoms with E-state index in [0.29, 0.717) is 26.2 Å². The van der Waals surface area contributed by atoms with E-state index in [9.17, 15) is 4.79 Å². The van der Waals surface area contributed by atoms with Crippen LogP contribution in [0.5, 0.6) is 0 Å². The summed E-state index contributed by atoms with van der Waals surface area (Å²) < 4.78 is 5.28. The predicted octanol–water partition coefficient (Wildman–Crippen LogP) is 2.35. The van der Waals surface area contributed by atoms with Crippen LogP contribution in [0.4, 0.5) is 5.69 Å². The highest BCUT2D eigenvalue weighted by Gasteiger charge is 2.15. The molecular weight excluding hydrogens is 298 g/mol. The number of hydrogen-bond donors (Lipinski definition) is 1. The lowest BCUT2D eigenvalue weighted by Gasteiger charge is -2.26. The fraction of sp³-hybridized carbons (Fsp3) is 0.500. The van der Waals surface area contributed by atoms with Gasteiger partial charge in [0.15, 0.2) is 0 Å². The van der Waals surface area contributed by atoms with Crippen molar-refractivity contribution in [3.8, 4) is 6.07 Å². The molecule has 1 heterocycles. The zero-order valence-corrected chi connectivity index (χ0v) is 13.6. The number of rotatable bonds is 6. The van der Waals surface area contributed by atoms with E-state index in [0.717, 1.165) is 23.7 Å². The zero-order valence-electron chi connectivity index (χ0n) is 12.7. The number of benzene rings is 1. The van der Waals surface area contributed by atoms with Gasteiger partial charge in [0.2, 0.25) is 5.91 Å². The van der Waals surface area contributed by atoms with Crippen molar-refractivity contribution in [1.29, 1.82) is 5.26 Å². The molecule has 6 heteroatoms. The summed E-state index contributed by atoms with van der Waals surface area (Å²) in [7, 11) is 0. The zero-order chi connectivity index (χ0) is 15.8. The largest absolute Gasteiger partial charge is 0.379 e. The molecule has 118 valence electrons. The molecule has 1 N–H and O–H groups in total. The number of thioether (sulfide) groups is 1. The molecule has 1 aliphatic heterocycles. The lowest BCUT2D eigenvalue weighted by molar-refractivity contribution is -0.118. The molecule has 0 saturated carbocycles. The molecule has 1 amide bonds. The first-order chi connectivity index (χ1) is 10.7. The molecule has 2 rings (SSSR count). The number of hydrogen-bond acceptors (Lipinski definition) is 5. The van der Waals surface area contributed by atoms with E-state index in [-0.39, 0.29) is 11.2 Å². The average molecular weight is 319 g/mol. The number of ether oxygens (including phenoxy) is 1. The van der Waals surface area contributed by atoms with E-state index in [1.54, 1.807) is 11.8 Å². The molecule has 0 unspecified atom stereocenters. The van der Waals surface area contributed by atoms with Crippen molar-refractivity contribution >= 4 is 23.4 Å². The minimum absolute atomic E-state index is 0.0112. The molecule has 1 atom stereocenters. The molecule has 1 fully saturated rings. The number of nitriles is 1. The third-order valence-corrected chi connectivity index (χ3v) is 4.52. The minimum Gasteiger partial charge on any atom is -0.379 e. The van der Waals surface area contributed by atoms with Crippen LogP contribution >= 0.6 is 11.8 Å². The maximum Gasteiger partial charge on any atom is 0.238 e. The van der Waals surface area contributed by atoms with Gasteiger partial charge in [0, 0.05) is 29.7 Å². The second-order valence-electron chi connectivity index (χ2n) is 5.22. The Morgan fingerprint density at radius 3 is 2.91 bits per heavy atom. The summed E-state index contributed by atoms with van der Waals surface area (Å²) in [5, 5.41) is 11.9.